The number of carbonyl (C=O) groups excluding carboxylic acids is 2. The van der Waals surface area contributed by atoms with Crippen molar-refractivity contribution in [1.29, 1.82) is 0 Å². The number of imide groups is 1. The standard InChI is InChI=1S/C21H25ClN4O2/c1-23-21(24-8-7-13-3-2-4-16(22)11-13)25-9-10-26-19(27)17-14-5-6-15(12-14)18(17)20(26)28/h2-6,11,14-15,17-18H,7-10,12H2,1H3,(H2,23,24,25). The van der Waals surface area contributed by atoms with Crippen molar-refractivity contribution >= 4 is 29.4 Å². The van der Waals surface area contributed by atoms with E-state index in [1.54, 1.807) is 7.05 Å². The second-order valence-electron chi connectivity index (χ2n) is 7.63. The van der Waals surface area contributed by atoms with Crippen LogP contribution in [0.3, 0.4) is 0 Å². The summed E-state index contributed by atoms with van der Waals surface area (Å²) in [4.78, 5) is 31.0. The van der Waals surface area contributed by atoms with Crippen molar-refractivity contribution in [2.24, 2.45) is 28.7 Å². The molecule has 2 aliphatic carbocycles. The van der Waals surface area contributed by atoms with Crippen LogP contribution in [0.5, 0.6) is 0 Å². The van der Waals surface area contributed by atoms with Crippen LogP contribution < -0.4 is 10.6 Å². The normalized spacial score (nSPS) is 28.2. The van der Waals surface area contributed by atoms with E-state index in [1.165, 1.54) is 4.90 Å². The monoisotopic (exact) mass is 400 g/mol. The molecule has 1 saturated heterocycles. The van der Waals surface area contributed by atoms with E-state index < -0.39 is 0 Å². The van der Waals surface area contributed by atoms with Gasteiger partial charge in [-0.05, 0) is 42.4 Å². The van der Waals surface area contributed by atoms with E-state index in [0.717, 1.165) is 23.4 Å². The third kappa shape index (κ3) is 3.53. The van der Waals surface area contributed by atoms with Crippen molar-refractivity contribution < 1.29 is 9.59 Å². The van der Waals surface area contributed by atoms with E-state index in [-0.39, 0.29) is 35.5 Å². The fraction of sp³-hybridized carbons (Fsp3) is 0.476. The van der Waals surface area contributed by atoms with Gasteiger partial charge in [-0.25, -0.2) is 0 Å². The van der Waals surface area contributed by atoms with E-state index in [1.807, 2.05) is 24.3 Å². The highest BCUT2D eigenvalue weighted by Gasteiger charge is 2.58. The number of carbonyl (C=O) groups is 2. The number of fused-ring (bicyclic) bond motifs is 5. The fourth-order valence-corrected chi connectivity index (χ4v) is 4.92. The molecular formula is C21H25ClN4O2. The van der Waals surface area contributed by atoms with Crippen LogP contribution in [0.1, 0.15) is 12.0 Å². The number of rotatable bonds is 6. The first-order valence-corrected chi connectivity index (χ1v) is 10.2. The molecule has 4 rings (SSSR count). The molecule has 3 aliphatic rings. The Morgan fingerprint density at radius 3 is 2.46 bits per heavy atom. The van der Waals surface area contributed by atoms with Crippen LogP contribution in [0.2, 0.25) is 5.02 Å². The molecule has 28 heavy (non-hydrogen) atoms. The Labute approximate surface area is 170 Å². The number of amides is 2. The largest absolute Gasteiger partial charge is 0.356 e. The van der Waals surface area contributed by atoms with E-state index in [0.29, 0.717) is 25.6 Å². The van der Waals surface area contributed by atoms with Gasteiger partial charge in [0.1, 0.15) is 0 Å². The molecule has 4 atom stereocenters. The highest BCUT2D eigenvalue weighted by Crippen LogP contribution is 2.52. The lowest BCUT2D eigenvalue weighted by Crippen LogP contribution is -2.44. The first kappa shape index (κ1) is 19.0. The van der Waals surface area contributed by atoms with Crippen molar-refractivity contribution in [3.05, 3.63) is 47.0 Å². The quantitative estimate of drug-likeness (QED) is 0.331. The van der Waals surface area contributed by atoms with Crippen molar-refractivity contribution in [2.75, 3.05) is 26.7 Å². The van der Waals surface area contributed by atoms with Crippen LogP contribution >= 0.6 is 11.6 Å². The van der Waals surface area contributed by atoms with Gasteiger partial charge in [-0.2, -0.15) is 0 Å². The maximum absolute atomic E-state index is 12.7. The summed E-state index contributed by atoms with van der Waals surface area (Å²) in [6, 6.07) is 7.78. The maximum Gasteiger partial charge on any atom is 0.233 e. The van der Waals surface area contributed by atoms with Gasteiger partial charge < -0.3 is 10.6 Å². The zero-order valence-electron chi connectivity index (χ0n) is 15.9. The van der Waals surface area contributed by atoms with Gasteiger partial charge in [0.05, 0.1) is 11.8 Å². The smallest absolute Gasteiger partial charge is 0.233 e. The molecule has 1 aliphatic heterocycles. The molecule has 0 radical (unpaired) electrons. The number of aliphatic imine (C=N–C) groups is 1. The SMILES string of the molecule is CN=C(NCCc1cccc(Cl)c1)NCCN1C(=O)C2C3C=CC(C3)C2C1=O. The summed E-state index contributed by atoms with van der Waals surface area (Å²) in [5, 5.41) is 7.17. The molecule has 2 bridgehead atoms. The van der Waals surface area contributed by atoms with Gasteiger partial charge in [0.15, 0.2) is 5.96 Å². The molecule has 1 aromatic rings. The van der Waals surface area contributed by atoms with Crippen LogP contribution in [0.15, 0.2) is 41.4 Å². The van der Waals surface area contributed by atoms with Gasteiger partial charge in [0.2, 0.25) is 11.8 Å². The number of hydrogen-bond donors (Lipinski definition) is 2. The third-order valence-corrected chi connectivity index (χ3v) is 6.24. The van der Waals surface area contributed by atoms with E-state index in [4.69, 9.17) is 11.6 Å². The molecule has 2 amide bonds. The van der Waals surface area contributed by atoms with Gasteiger partial charge in [-0.3, -0.25) is 19.5 Å². The summed E-state index contributed by atoms with van der Waals surface area (Å²) in [6.07, 6.45) is 6.01. The minimum atomic E-state index is -0.127. The Bertz CT molecular complexity index is 807. The zero-order chi connectivity index (χ0) is 19.7. The predicted octanol–water partition coefficient (Wildman–Crippen LogP) is 1.85. The minimum Gasteiger partial charge on any atom is -0.356 e. The fourth-order valence-electron chi connectivity index (χ4n) is 4.71. The Balaban J connectivity index is 1.23. The Morgan fingerprint density at radius 1 is 1.14 bits per heavy atom. The lowest BCUT2D eigenvalue weighted by atomic mass is 9.85. The van der Waals surface area contributed by atoms with Crippen LogP contribution in [0, 0.1) is 23.7 Å². The number of allylic oxidation sites excluding steroid dienone is 2. The molecule has 4 unspecified atom stereocenters. The van der Waals surface area contributed by atoms with Crippen LogP contribution in [0.4, 0.5) is 0 Å². The predicted molar refractivity (Wildman–Crippen MR) is 109 cm³/mol. The lowest BCUT2D eigenvalue weighted by Gasteiger charge is -2.18. The minimum absolute atomic E-state index is 0.00227. The van der Waals surface area contributed by atoms with Crippen molar-refractivity contribution in [2.45, 2.75) is 12.8 Å². The second-order valence-corrected chi connectivity index (χ2v) is 8.07. The molecule has 0 spiro atoms. The first-order valence-electron chi connectivity index (χ1n) is 9.81. The van der Waals surface area contributed by atoms with Crippen molar-refractivity contribution in [3.63, 3.8) is 0 Å². The number of nitrogens with zero attached hydrogens (tertiary/aromatic N) is 2. The number of benzene rings is 1. The van der Waals surface area contributed by atoms with E-state index in [2.05, 4.69) is 27.8 Å². The highest BCUT2D eigenvalue weighted by atomic mass is 35.5. The van der Waals surface area contributed by atoms with Crippen molar-refractivity contribution in [3.8, 4) is 0 Å². The zero-order valence-corrected chi connectivity index (χ0v) is 16.7. The Morgan fingerprint density at radius 2 is 1.82 bits per heavy atom. The van der Waals surface area contributed by atoms with E-state index in [9.17, 15) is 9.59 Å². The average Bonchev–Trinajstić information content (AvgIpc) is 3.36. The first-order chi connectivity index (χ1) is 13.6. The number of guanidine groups is 1. The maximum atomic E-state index is 12.7. The third-order valence-electron chi connectivity index (χ3n) is 6.01. The van der Waals surface area contributed by atoms with Gasteiger partial charge in [-0.15, -0.1) is 0 Å². The molecule has 148 valence electrons. The summed E-state index contributed by atoms with van der Waals surface area (Å²) in [5.74, 6) is 0.907. The van der Waals surface area contributed by atoms with Gasteiger partial charge in [0, 0.05) is 31.7 Å². The van der Waals surface area contributed by atoms with Gasteiger partial charge in [-0.1, -0.05) is 35.9 Å². The molecule has 1 aromatic carbocycles. The summed E-state index contributed by atoms with van der Waals surface area (Å²) >= 11 is 6.00. The van der Waals surface area contributed by atoms with Crippen LogP contribution in [0.25, 0.3) is 0 Å². The highest BCUT2D eigenvalue weighted by molar-refractivity contribution is 6.30. The van der Waals surface area contributed by atoms with Gasteiger partial charge >= 0.3 is 0 Å². The summed E-state index contributed by atoms with van der Waals surface area (Å²) in [7, 11) is 1.70. The van der Waals surface area contributed by atoms with Crippen LogP contribution in [-0.2, 0) is 16.0 Å². The Kier molecular flexibility index (Phi) is 5.40. The average molecular weight is 401 g/mol. The topological polar surface area (TPSA) is 73.8 Å². The molecule has 0 aromatic heterocycles. The van der Waals surface area contributed by atoms with E-state index >= 15 is 0 Å². The number of likely N-dealkylation sites (tertiary alicyclic amines) is 1. The summed E-state index contributed by atoms with van der Waals surface area (Å²) in [5.41, 5.74) is 1.15. The second kappa shape index (κ2) is 7.95. The summed E-state index contributed by atoms with van der Waals surface area (Å²) in [6.45, 7) is 1.57. The lowest BCUT2D eigenvalue weighted by molar-refractivity contribution is -0.140. The van der Waals surface area contributed by atoms with Gasteiger partial charge in [0.25, 0.3) is 0 Å². The Hall–Kier alpha value is -2.34. The molecule has 1 saturated carbocycles. The number of halogens is 1. The number of hydrogen-bond acceptors (Lipinski definition) is 3. The molecule has 6 nitrogen and oxygen atoms in total. The molecule has 7 heteroatoms. The molecule has 2 N–H and O–H groups in total. The number of nitrogens with one attached hydrogen (secondary N) is 2. The molecular weight excluding hydrogens is 376 g/mol. The summed E-state index contributed by atoms with van der Waals surface area (Å²) < 4.78 is 0. The van der Waals surface area contributed by atoms with Crippen LogP contribution in [-0.4, -0.2) is 49.4 Å². The molecule has 2 fully saturated rings. The van der Waals surface area contributed by atoms with Crippen molar-refractivity contribution in [1.82, 2.24) is 15.5 Å². The molecule has 1 heterocycles.